The van der Waals surface area contributed by atoms with Crippen LogP contribution in [-0.2, 0) is 0 Å². The minimum atomic E-state index is 0.493. The third-order valence-corrected chi connectivity index (χ3v) is 4.66. The Morgan fingerprint density at radius 2 is 2.20 bits per heavy atom. The molecule has 3 aliphatic rings. The largest absolute Gasteiger partial charge is 0.497 e. The lowest BCUT2D eigenvalue weighted by molar-refractivity contribution is 0.0973. The molecule has 5 heteroatoms. The standard InChI is InChI=1S/C15H19N3O2/c1-19-11-2-3-12-14(8-11)20-17-15(12)16-13-9-18-6-4-10(13)5-7-18/h2-3,8,10,13H,4-7,9H2,1H3,(H,16,17). The van der Waals surface area contributed by atoms with Gasteiger partial charge in [0.2, 0.25) is 0 Å². The van der Waals surface area contributed by atoms with Crippen LogP contribution in [0.25, 0.3) is 11.0 Å². The summed E-state index contributed by atoms with van der Waals surface area (Å²) in [7, 11) is 1.66. The van der Waals surface area contributed by atoms with Crippen LogP contribution in [0.1, 0.15) is 12.8 Å². The summed E-state index contributed by atoms with van der Waals surface area (Å²) in [6, 6.07) is 6.33. The second-order valence-corrected chi connectivity index (χ2v) is 5.78. The van der Waals surface area contributed by atoms with Crippen LogP contribution in [0.2, 0.25) is 0 Å². The first kappa shape index (κ1) is 12.0. The number of piperidine rings is 3. The number of hydrogen-bond acceptors (Lipinski definition) is 5. The number of ether oxygens (including phenoxy) is 1. The Balaban J connectivity index is 1.59. The van der Waals surface area contributed by atoms with Crippen molar-refractivity contribution >= 4 is 16.8 Å². The molecule has 0 radical (unpaired) electrons. The van der Waals surface area contributed by atoms with Crippen LogP contribution in [0.3, 0.4) is 0 Å². The van der Waals surface area contributed by atoms with Crippen LogP contribution < -0.4 is 10.1 Å². The van der Waals surface area contributed by atoms with Crippen molar-refractivity contribution in [1.29, 1.82) is 0 Å². The van der Waals surface area contributed by atoms with Crippen molar-refractivity contribution in [2.45, 2.75) is 18.9 Å². The van der Waals surface area contributed by atoms with Crippen LogP contribution in [0.15, 0.2) is 22.7 Å². The number of nitrogens with zero attached hydrogens (tertiary/aromatic N) is 2. The number of benzene rings is 1. The van der Waals surface area contributed by atoms with E-state index in [1.54, 1.807) is 7.11 Å². The minimum Gasteiger partial charge on any atom is -0.497 e. The number of anilines is 1. The molecule has 1 unspecified atom stereocenters. The lowest BCUT2D eigenvalue weighted by Crippen LogP contribution is -2.53. The number of methoxy groups -OCH3 is 1. The van der Waals surface area contributed by atoms with Crippen molar-refractivity contribution in [3.63, 3.8) is 0 Å². The predicted octanol–water partition coefficient (Wildman–Crippen LogP) is 2.34. The molecule has 5 rings (SSSR count). The van der Waals surface area contributed by atoms with E-state index in [1.165, 1.54) is 25.9 Å². The second-order valence-electron chi connectivity index (χ2n) is 5.78. The highest BCUT2D eigenvalue weighted by Crippen LogP contribution is 2.32. The zero-order valence-corrected chi connectivity index (χ0v) is 11.6. The van der Waals surface area contributed by atoms with E-state index in [4.69, 9.17) is 9.26 Å². The van der Waals surface area contributed by atoms with E-state index >= 15 is 0 Å². The first-order chi connectivity index (χ1) is 9.83. The molecule has 5 nitrogen and oxygen atoms in total. The van der Waals surface area contributed by atoms with Crippen molar-refractivity contribution < 1.29 is 9.26 Å². The molecule has 0 spiro atoms. The van der Waals surface area contributed by atoms with E-state index in [9.17, 15) is 0 Å². The second kappa shape index (κ2) is 4.66. The maximum atomic E-state index is 5.41. The number of nitrogens with one attached hydrogen (secondary N) is 1. The van der Waals surface area contributed by atoms with Crippen LogP contribution in [0, 0.1) is 5.92 Å². The first-order valence-corrected chi connectivity index (χ1v) is 7.26. The molecular formula is C15H19N3O2. The van der Waals surface area contributed by atoms with E-state index in [-0.39, 0.29) is 0 Å². The minimum absolute atomic E-state index is 0.493. The summed E-state index contributed by atoms with van der Waals surface area (Å²) < 4.78 is 10.6. The van der Waals surface area contributed by atoms with Gasteiger partial charge in [0.1, 0.15) is 5.75 Å². The molecule has 3 fully saturated rings. The average Bonchev–Trinajstić information content (AvgIpc) is 2.91. The molecule has 3 saturated heterocycles. The van der Waals surface area contributed by atoms with Gasteiger partial charge in [-0.25, -0.2) is 0 Å². The van der Waals surface area contributed by atoms with Gasteiger partial charge in [0, 0.05) is 18.7 Å². The summed E-state index contributed by atoms with van der Waals surface area (Å²) in [5.74, 6) is 2.43. The Labute approximate surface area is 117 Å². The third-order valence-electron chi connectivity index (χ3n) is 4.66. The van der Waals surface area contributed by atoms with Gasteiger partial charge in [0.25, 0.3) is 0 Å². The normalized spacial score (nSPS) is 28.8. The maximum Gasteiger partial charge on any atom is 0.177 e. The summed E-state index contributed by atoms with van der Waals surface area (Å²) in [4.78, 5) is 2.53. The first-order valence-electron chi connectivity index (χ1n) is 7.26. The molecule has 2 bridgehead atoms. The number of hydrogen-bond donors (Lipinski definition) is 1. The van der Waals surface area contributed by atoms with Crippen molar-refractivity contribution in [2.75, 3.05) is 32.1 Å². The van der Waals surface area contributed by atoms with Crippen LogP contribution in [0.4, 0.5) is 5.82 Å². The van der Waals surface area contributed by atoms with Crippen LogP contribution in [0.5, 0.6) is 5.75 Å². The molecule has 1 aromatic carbocycles. The molecule has 3 aliphatic heterocycles. The fourth-order valence-corrected chi connectivity index (χ4v) is 3.45. The summed E-state index contributed by atoms with van der Waals surface area (Å²) in [5.41, 5.74) is 0.771. The number of aromatic nitrogens is 1. The van der Waals surface area contributed by atoms with Crippen LogP contribution in [-0.4, -0.2) is 42.8 Å². The van der Waals surface area contributed by atoms with Crippen molar-refractivity contribution in [3.05, 3.63) is 18.2 Å². The van der Waals surface area contributed by atoms with Gasteiger partial charge in [-0.3, -0.25) is 0 Å². The Hall–Kier alpha value is -1.75. The zero-order chi connectivity index (χ0) is 13.5. The Morgan fingerprint density at radius 1 is 1.35 bits per heavy atom. The Bertz CT molecular complexity index is 617. The summed E-state index contributed by atoms with van der Waals surface area (Å²) in [5, 5.41) is 8.80. The fourth-order valence-electron chi connectivity index (χ4n) is 3.45. The van der Waals surface area contributed by atoms with Crippen molar-refractivity contribution in [2.24, 2.45) is 5.92 Å². The number of fused-ring (bicyclic) bond motifs is 4. The van der Waals surface area contributed by atoms with E-state index in [0.717, 1.165) is 35.0 Å². The molecule has 4 heterocycles. The Kier molecular flexibility index (Phi) is 2.80. The van der Waals surface area contributed by atoms with Crippen molar-refractivity contribution in [1.82, 2.24) is 10.1 Å². The van der Waals surface area contributed by atoms with Gasteiger partial charge >= 0.3 is 0 Å². The fraction of sp³-hybridized carbons (Fsp3) is 0.533. The molecule has 1 N–H and O–H groups in total. The maximum absolute atomic E-state index is 5.41. The molecule has 1 aromatic heterocycles. The summed E-state index contributed by atoms with van der Waals surface area (Å²) in [6.07, 6.45) is 2.59. The summed E-state index contributed by atoms with van der Waals surface area (Å²) >= 11 is 0. The molecule has 0 aliphatic carbocycles. The SMILES string of the molecule is COc1ccc2c(NC3CN4CCC3CC4)noc2c1. The summed E-state index contributed by atoms with van der Waals surface area (Å²) in [6.45, 7) is 3.62. The molecule has 1 atom stereocenters. The van der Waals surface area contributed by atoms with E-state index in [2.05, 4.69) is 15.4 Å². The quantitative estimate of drug-likeness (QED) is 0.930. The van der Waals surface area contributed by atoms with Gasteiger partial charge < -0.3 is 19.5 Å². The van der Waals surface area contributed by atoms with Crippen molar-refractivity contribution in [3.8, 4) is 5.75 Å². The van der Waals surface area contributed by atoms with Crippen LogP contribution >= 0.6 is 0 Å². The predicted molar refractivity (Wildman–Crippen MR) is 77.1 cm³/mol. The lowest BCUT2D eigenvalue weighted by Gasteiger charge is -2.44. The van der Waals surface area contributed by atoms with Gasteiger partial charge in [0.15, 0.2) is 11.4 Å². The Morgan fingerprint density at radius 3 is 2.90 bits per heavy atom. The highest BCUT2D eigenvalue weighted by Gasteiger charge is 2.34. The number of rotatable bonds is 3. The monoisotopic (exact) mass is 273 g/mol. The highest BCUT2D eigenvalue weighted by atomic mass is 16.5. The average molecular weight is 273 g/mol. The molecule has 2 aromatic rings. The molecule has 106 valence electrons. The third kappa shape index (κ3) is 1.93. The molecular weight excluding hydrogens is 254 g/mol. The molecule has 0 saturated carbocycles. The van der Waals surface area contributed by atoms with E-state index in [0.29, 0.717) is 6.04 Å². The van der Waals surface area contributed by atoms with E-state index < -0.39 is 0 Å². The van der Waals surface area contributed by atoms with Gasteiger partial charge in [-0.15, -0.1) is 0 Å². The zero-order valence-electron chi connectivity index (χ0n) is 11.6. The van der Waals surface area contributed by atoms with Gasteiger partial charge in [-0.1, -0.05) is 5.16 Å². The van der Waals surface area contributed by atoms with Gasteiger partial charge in [-0.2, -0.15) is 0 Å². The smallest absolute Gasteiger partial charge is 0.177 e. The molecule has 20 heavy (non-hydrogen) atoms. The lowest BCUT2D eigenvalue weighted by atomic mass is 9.84. The molecule has 0 amide bonds. The highest BCUT2D eigenvalue weighted by molar-refractivity contribution is 5.89. The van der Waals surface area contributed by atoms with Gasteiger partial charge in [-0.05, 0) is 44.0 Å². The van der Waals surface area contributed by atoms with E-state index in [1.807, 2.05) is 18.2 Å². The topological polar surface area (TPSA) is 50.5 Å². The van der Waals surface area contributed by atoms with Gasteiger partial charge in [0.05, 0.1) is 12.5 Å².